The molecule has 2 aromatic carbocycles. The molecule has 4 rings (SSSR count). The highest BCUT2D eigenvalue weighted by molar-refractivity contribution is 5.94. The molecule has 1 aliphatic rings. The number of piperazine rings is 1. The first-order valence-corrected chi connectivity index (χ1v) is 10.4. The number of benzene rings is 2. The number of carbonyl (C=O) groups is 2. The van der Waals surface area contributed by atoms with Crippen LogP contribution in [0.25, 0.3) is 11.0 Å². The molecule has 1 aliphatic heterocycles. The summed E-state index contributed by atoms with van der Waals surface area (Å²) >= 11 is 0. The van der Waals surface area contributed by atoms with Crippen LogP contribution in [0.5, 0.6) is 5.75 Å². The summed E-state index contributed by atoms with van der Waals surface area (Å²) in [6.45, 7) is 5.47. The van der Waals surface area contributed by atoms with E-state index in [0.717, 1.165) is 49.6 Å². The monoisotopic (exact) mass is 493 g/mol. The number of imidazole rings is 1. The zero-order chi connectivity index (χ0) is 21.8. The summed E-state index contributed by atoms with van der Waals surface area (Å²) in [4.78, 5) is 32.7. The highest BCUT2D eigenvalue weighted by atomic mass is 35.5. The maximum absolute atomic E-state index is 12.2. The van der Waals surface area contributed by atoms with Crippen molar-refractivity contribution >= 4 is 53.3 Å². The van der Waals surface area contributed by atoms with Crippen LogP contribution in [0.15, 0.2) is 48.5 Å². The third-order valence-electron chi connectivity index (χ3n) is 5.55. The van der Waals surface area contributed by atoms with Gasteiger partial charge in [-0.2, -0.15) is 0 Å². The van der Waals surface area contributed by atoms with Gasteiger partial charge in [0.2, 0.25) is 5.91 Å². The number of nitrogens with zero attached hydrogens (tertiary/aromatic N) is 4. The van der Waals surface area contributed by atoms with Crippen LogP contribution >= 0.6 is 24.8 Å². The lowest BCUT2D eigenvalue weighted by Gasteiger charge is -2.33. The number of anilines is 1. The van der Waals surface area contributed by atoms with Crippen LogP contribution < -0.4 is 10.1 Å². The Bertz CT molecular complexity index is 1080. The summed E-state index contributed by atoms with van der Waals surface area (Å²) < 4.78 is 7.58. The maximum Gasteiger partial charge on any atom is 0.262 e. The first-order chi connectivity index (χ1) is 15.0. The largest absolute Gasteiger partial charge is 0.484 e. The molecule has 0 spiro atoms. The number of ether oxygens (including phenoxy) is 1. The predicted molar refractivity (Wildman–Crippen MR) is 133 cm³/mol. The molecule has 10 heteroatoms. The van der Waals surface area contributed by atoms with Crippen LogP contribution in [0.1, 0.15) is 12.7 Å². The zero-order valence-corrected chi connectivity index (χ0v) is 20.3. The van der Waals surface area contributed by atoms with E-state index in [0.29, 0.717) is 11.4 Å². The van der Waals surface area contributed by atoms with Crippen molar-refractivity contribution < 1.29 is 14.3 Å². The molecular formula is C23H29Cl2N5O3. The Morgan fingerprint density at radius 3 is 2.39 bits per heavy atom. The Hall–Kier alpha value is -2.81. The van der Waals surface area contributed by atoms with Crippen LogP contribution in [-0.4, -0.2) is 64.0 Å². The van der Waals surface area contributed by atoms with Crippen molar-refractivity contribution in [3.8, 4) is 5.75 Å². The van der Waals surface area contributed by atoms with Crippen molar-refractivity contribution in [3.63, 3.8) is 0 Å². The van der Waals surface area contributed by atoms with Crippen molar-refractivity contribution in [2.24, 2.45) is 7.05 Å². The summed E-state index contributed by atoms with van der Waals surface area (Å²) in [6.07, 6.45) is 0. The molecule has 1 fully saturated rings. The van der Waals surface area contributed by atoms with Gasteiger partial charge in [-0.3, -0.25) is 14.5 Å². The number of carbonyl (C=O) groups excluding carboxylic acids is 2. The van der Waals surface area contributed by atoms with E-state index >= 15 is 0 Å². The van der Waals surface area contributed by atoms with Gasteiger partial charge < -0.3 is 19.5 Å². The van der Waals surface area contributed by atoms with Gasteiger partial charge in [0.1, 0.15) is 11.6 Å². The van der Waals surface area contributed by atoms with Crippen LogP contribution in [0.4, 0.5) is 5.69 Å². The minimum Gasteiger partial charge on any atom is -0.484 e. The molecule has 0 aliphatic carbocycles. The van der Waals surface area contributed by atoms with E-state index in [1.54, 1.807) is 6.92 Å². The second-order valence-electron chi connectivity index (χ2n) is 7.72. The third kappa shape index (κ3) is 6.60. The van der Waals surface area contributed by atoms with Crippen LogP contribution in [0.2, 0.25) is 0 Å². The van der Waals surface area contributed by atoms with Gasteiger partial charge in [0.05, 0.1) is 17.6 Å². The Labute approximate surface area is 205 Å². The fourth-order valence-corrected chi connectivity index (χ4v) is 3.75. The number of aryl methyl sites for hydroxylation is 1. The van der Waals surface area contributed by atoms with Gasteiger partial charge in [-0.05, 0) is 30.3 Å². The standard InChI is InChI=1S/C23H27N5O3.2ClH/c1-17(29)28-12-10-27(11-13-28)15-22-25-20-14-18(8-9-21(20)26(22)2)24-23(30)16-31-19-6-4-3-5-7-19;;/h3-9,14H,10-13,15-16H2,1-2H3,(H,24,30);2*1H. The van der Waals surface area contributed by atoms with Gasteiger partial charge in [-0.25, -0.2) is 4.98 Å². The number of hydrogen-bond acceptors (Lipinski definition) is 5. The average molecular weight is 494 g/mol. The minimum atomic E-state index is -0.220. The second kappa shape index (κ2) is 11.9. The van der Waals surface area contributed by atoms with E-state index in [4.69, 9.17) is 9.72 Å². The Morgan fingerprint density at radius 2 is 1.73 bits per heavy atom. The number of rotatable bonds is 6. The highest BCUT2D eigenvalue weighted by Crippen LogP contribution is 2.21. The van der Waals surface area contributed by atoms with Gasteiger partial charge in [0, 0.05) is 45.8 Å². The Kier molecular flexibility index (Phi) is 9.52. The molecule has 1 saturated heterocycles. The average Bonchev–Trinajstić information content (AvgIpc) is 3.08. The number of nitrogens with one attached hydrogen (secondary N) is 1. The molecule has 2 amide bonds. The van der Waals surface area contributed by atoms with Crippen LogP contribution in [0, 0.1) is 0 Å². The fourth-order valence-electron chi connectivity index (χ4n) is 3.75. The van der Waals surface area contributed by atoms with E-state index in [1.165, 1.54) is 0 Å². The van der Waals surface area contributed by atoms with Crippen molar-refractivity contribution in [2.75, 3.05) is 38.1 Å². The Morgan fingerprint density at radius 1 is 1.03 bits per heavy atom. The molecule has 3 aromatic rings. The van der Waals surface area contributed by atoms with E-state index in [1.807, 2.05) is 60.5 Å². The zero-order valence-electron chi connectivity index (χ0n) is 18.7. The van der Waals surface area contributed by atoms with Gasteiger partial charge in [-0.15, -0.1) is 24.8 Å². The number of halogens is 2. The van der Waals surface area contributed by atoms with Gasteiger partial charge in [0.15, 0.2) is 6.61 Å². The maximum atomic E-state index is 12.2. The molecule has 0 bridgehead atoms. The van der Waals surface area contributed by atoms with Gasteiger partial charge in [0.25, 0.3) is 5.91 Å². The normalized spacial score (nSPS) is 13.7. The molecule has 0 atom stereocenters. The SMILES string of the molecule is CC(=O)N1CCN(Cc2nc3cc(NC(=O)COc4ccccc4)ccc3n2C)CC1.Cl.Cl. The highest BCUT2D eigenvalue weighted by Gasteiger charge is 2.20. The predicted octanol–water partition coefficient (Wildman–Crippen LogP) is 3.10. The first-order valence-electron chi connectivity index (χ1n) is 10.4. The lowest BCUT2D eigenvalue weighted by molar-refractivity contribution is -0.130. The number of aromatic nitrogens is 2. The topological polar surface area (TPSA) is 79.7 Å². The molecule has 0 saturated carbocycles. The van der Waals surface area contributed by atoms with Gasteiger partial charge >= 0.3 is 0 Å². The summed E-state index contributed by atoms with van der Waals surface area (Å²) in [5, 5.41) is 2.87. The quantitative estimate of drug-likeness (QED) is 0.570. The number of amides is 2. The van der Waals surface area contributed by atoms with Crippen molar-refractivity contribution in [1.82, 2.24) is 19.4 Å². The summed E-state index contributed by atoms with van der Waals surface area (Å²) in [5.74, 6) is 1.53. The summed E-state index contributed by atoms with van der Waals surface area (Å²) in [6, 6.07) is 15.0. The lowest BCUT2D eigenvalue weighted by Crippen LogP contribution is -2.47. The van der Waals surface area contributed by atoms with Crippen molar-refractivity contribution in [2.45, 2.75) is 13.5 Å². The first kappa shape index (κ1) is 26.4. The molecule has 8 nitrogen and oxygen atoms in total. The molecule has 178 valence electrons. The van der Waals surface area contributed by atoms with E-state index < -0.39 is 0 Å². The van der Waals surface area contributed by atoms with Crippen molar-refractivity contribution in [1.29, 1.82) is 0 Å². The lowest BCUT2D eigenvalue weighted by atomic mass is 10.2. The van der Waals surface area contributed by atoms with Crippen LogP contribution in [-0.2, 0) is 23.2 Å². The molecule has 33 heavy (non-hydrogen) atoms. The second-order valence-corrected chi connectivity index (χ2v) is 7.72. The fraction of sp³-hybridized carbons (Fsp3) is 0.348. The number of fused-ring (bicyclic) bond motifs is 1. The van der Waals surface area contributed by atoms with Crippen molar-refractivity contribution in [3.05, 3.63) is 54.4 Å². The molecule has 0 radical (unpaired) electrons. The summed E-state index contributed by atoms with van der Waals surface area (Å²) in [5.41, 5.74) is 2.53. The summed E-state index contributed by atoms with van der Waals surface area (Å²) in [7, 11) is 2.00. The van der Waals surface area contributed by atoms with E-state index in [9.17, 15) is 9.59 Å². The molecule has 2 heterocycles. The smallest absolute Gasteiger partial charge is 0.262 e. The number of para-hydroxylation sites is 1. The minimum absolute atomic E-state index is 0. The molecule has 1 aromatic heterocycles. The van der Waals surface area contributed by atoms with Crippen LogP contribution in [0.3, 0.4) is 0 Å². The number of hydrogen-bond donors (Lipinski definition) is 1. The van der Waals surface area contributed by atoms with E-state index in [2.05, 4.69) is 14.8 Å². The molecule has 1 N–H and O–H groups in total. The Balaban J connectivity index is 0.00000193. The molecule has 0 unspecified atom stereocenters. The third-order valence-corrected chi connectivity index (χ3v) is 5.55. The van der Waals surface area contributed by atoms with E-state index in [-0.39, 0.29) is 43.2 Å². The van der Waals surface area contributed by atoms with Gasteiger partial charge in [-0.1, -0.05) is 18.2 Å². The molecular weight excluding hydrogens is 465 g/mol.